The zero-order valence-corrected chi connectivity index (χ0v) is 17.9. The molecule has 30 heavy (non-hydrogen) atoms. The predicted octanol–water partition coefficient (Wildman–Crippen LogP) is 4.33. The van der Waals surface area contributed by atoms with Crippen LogP contribution in [0.5, 0.6) is 0 Å². The van der Waals surface area contributed by atoms with Crippen LogP contribution >= 0.6 is 12.2 Å². The Bertz CT molecular complexity index is 1010. The van der Waals surface area contributed by atoms with Crippen molar-refractivity contribution in [2.24, 2.45) is 0 Å². The molecule has 0 spiro atoms. The first-order valence-electron chi connectivity index (χ1n) is 10.6. The monoisotopic (exact) mass is 418 g/mol. The van der Waals surface area contributed by atoms with E-state index in [1.165, 1.54) is 11.4 Å². The molecule has 2 aliphatic rings. The van der Waals surface area contributed by atoms with E-state index in [0.717, 1.165) is 42.5 Å². The van der Waals surface area contributed by atoms with E-state index >= 15 is 0 Å². The van der Waals surface area contributed by atoms with Crippen molar-refractivity contribution in [3.8, 4) is 5.69 Å². The molecule has 2 aromatic heterocycles. The van der Waals surface area contributed by atoms with Crippen molar-refractivity contribution in [3.63, 3.8) is 0 Å². The number of nitrogens with zero attached hydrogens (tertiary/aromatic N) is 3. The summed E-state index contributed by atoms with van der Waals surface area (Å²) in [6.45, 7) is 3.78. The van der Waals surface area contributed by atoms with Crippen molar-refractivity contribution in [2.75, 3.05) is 13.2 Å². The van der Waals surface area contributed by atoms with Gasteiger partial charge in [0.05, 0.1) is 23.9 Å². The van der Waals surface area contributed by atoms with Crippen molar-refractivity contribution in [1.82, 2.24) is 19.8 Å². The number of rotatable bonds is 5. The topological polar surface area (TPSA) is 42.3 Å². The molecule has 2 saturated heterocycles. The Labute approximate surface area is 182 Å². The van der Waals surface area contributed by atoms with Crippen LogP contribution in [0.3, 0.4) is 0 Å². The average Bonchev–Trinajstić information content (AvgIpc) is 3.50. The van der Waals surface area contributed by atoms with Crippen LogP contribution in [0.1, 0.15) is 42.0 Å². The number of ether oxygens (including phenoxy) is 1. The van der Waals surface area contributed by atoms with E-state index in [1.807, 2.05) is 18.3 Å². The number of aryl methyl sites for hydroxylation is 1. The lowest BCUT2D eigenvalue weighted by molar-refractivity contribution is 0.0836. The second-order valence-electron chi connectivity index (χ2n) is 7.98. The summed E-state index contributed by atoms with van der Waals surface area (Å²) in [6, 6.07) is 21.0. The van der Waals surface area contributed by atoms with E-state index in [0.29, 0.717) is 0 Å². The second-order valence-corrected chi connectivity index (χ2v) is 8.37. The number of hydrogen-bond donors (Lipinski definition) is 1. The molecule has 3 aromatic rings. The smallest absolute Gasteiger partial charge is 0.170 e. The molecule has 6 heteroatoms. The fourth-order valence-corrected chi connectivity index (χ4v) is 4.97. The normalized spacial score (nSPS) is 23.7. The maximum absolute atomic E-state index is 5.96. The van der Waals surface area contributed by atoms with Gasteiger partial charge in [0.1, 0.15) is 0 Å². The molecule has 5 rings (SSSR count). The molecule has 2 fully saturated rings. The third-order valence-electron chi connectivity index (χ3n) is 6.05. The Morgan fingerprint density at radius 2 is 1.93 bits per heavy atom. The van der Waals surface area contributed by atoms with Crippen LogP contribution in [0.4, 0.5) is 0 Å². The summed E-state index contributed by atoms with van der Waals surface area (Å²) in [5.74, 6) is 0. The number of benzene rings is 1. The van der Waals surface area contributed by atoms with Crippen LogP contribution in [0.15, 0.2) is 66.9 Å². The van der Waals surface area contributed by atoms with Gasteiger partial charge in [0.25, 0.3) is 0 Å². The minimum Gasteiger partial charge on any atom is -0.376 e. The molecule has 1 aromatic carbocycles. The Morgan fingerprint density at radius 3 is 2.67 bits per heavy atom. The van der Waals surface area contributed by atoms with Gasteiger partial charge in [-0.3, -0.25) is 4.98 Å². The van der Waals surface area contributed by atoms with E-state index in [1.54, 1.807) is 0 Å². The van der Waals surface area contributed by atoms with Crippen molar-refractivity contribution >= 4 is 17.3 Å². The van der Waals surface area contributed by atoms with Crippen LogP contribution in [-0.4, -0.2) is 38.8 Å². The SMILES string of the molecule is Cc1ccc([C@H]2[C@@H](c3ccccn3)NC(=S)N2C[C@@H]2CCCO2)n1-c1ccccc1. The first kappa shape index (κ1) is 19.3. The van der Waals surface area contributed by atoms with Gasteiger partial charge in [0.2, 0.25) is 0 Å². The summed E-state index contributed by atoms with van der Waals surface area (Å²) in [5.41, 5.74) is 4.56. The first-order chi connectivity index (χ1) is 14.7. The van der Waals surface area contributed by atoms with Crippen molar-refractivity contribution in [3.05, 3.63) is 83.9 Å². The summed E-state index contributed by atoms with van der Waals surface area (Å²) < 4.78 is 8.29. The van der Waals surface area contributed by atoms with Crippen LogP contribution in [0, 0.1) is 6.92 Å². The molecule has 5 nitrogen and oxygen atoms in total. The average molecular weight is 419 g/mol. The minimum atomic E-state index is -0.0168. The lowest BCUT2D eigenvalue weighted by Gasteiger charge is -2.30. The summed E-state index contributed by atoms with van der Waals surface area (Å²) in [6.07, 6.45) is 4.27. The fraction of sp³-hybridized carbons (Fsp3) is 0.333. The highest BCUT2D eigenvalue weighted by Gasteiger charge is 2.42. The van der Waals surface area contributed by atoms with Gasteiger partial charge in [-0.25, -0.2) is 0 Å². The van der Waals surface area contributed by atoms with E-state index in [4.69, 9.17) is 17.0 Å². The summed E-state index contributed by atoms with van der Waals surface area (Å²) in [4.78, 5) is 6.96. The minimum absolute atomic E-state index is 0.0168. The maximum atomic E-state index is 5.96. The van der Waals surface area contributed by atoms with Gasteiger partial charge in [-0.15, -0.1) is 0 Å². The van der Waals surface area contributed by atoms with E-state index < -0.39 is 0 Å². The Balaban J connectivity index is 1.60. The van der Waals surface area contributed by atoms with Gasteiger partial charge < -0.3 is 19.5 Å². The third-order valence-corrected chi connectivity index (χ3v) is 6.40. The number of para-hydroxylation sites is 1. The molecule has 3 atom stereocenters. The molecular weight excluding hydrogens is 392 g/mol. The second kappa shape index (κ2) is 8.20. The van der Waals surface area contributed by atoms with Crippen LogP contribution in [-0.2, 0) is 4.74 Å². The van der Waals surface area contributed by atoms with Gasteiger partial charge >= 0.3 is 0 Å². The maximum Gasteiger partial charge on any atom is 0.170 e. The number of thiocarbonyl (C=S) groups is 1. The molecule has 0 saturated carbocycles. The van der Waals surface area contributed by atoms with Gasteiger partial charge in [0.15, 0.2) is 5.11 Å². The summed E-state index contributed by atoms with van der Waals surface area (Å²) >= 11 is 5.82. The van der Waals surface area contributed by atoms with Crippen molar-refractivity contribution < 1.29 is 4.74 Å². The molecular formula is C24H26N4OS. The van der Waals surface area contributed by atoms with Gasteiger partial charge in [-0.2, -0.15) is 0 Å². The lowest BCUT2D eigenvalue weighted by atomic mass is 10.0. The zero-order chi connectivity index (χ0) is 20.5. The van der Waals surface area contributed by atoms with Gasteiger partial charge in [0, 0.05) is 36.4 Å². The van der Waals surface area contributed by atoms with Crippen molar-refractivity contribution in [1.29, 1.82) is 0 Å². The molecule has 2 aliphatic heterocycles. The number of hydrogen-bond acceptors (Lipinski definition) is 3. The third kappa shape index (κ3) is 3.50. The standard InChI is InChI=1S/C24H26N4OS/c1-17-12-13-21(28(17)18-8-3-2-4-9-18)23-22(20-11-5-6-14-25-20)26-24(30)27(23)16-19-10-7-15-29-19/h2-6,8-9,11-14,19,22-23H,7,10,15-16H2,1H3,(H,26,30)/t19-,22+,23-/m0/s1. The van der Waals surface area contributed by atoms with E-state index in [-0.39, 0.29) is 18.2 Å². The highest BCUT2D eigenvalue weighted by Crippen LogP contribution is 2.40. The zero-order valence-electron chi connectivity index (χ0n) is 17.1. The molecule has 0 bridgehead atoms. The molecule has 0 amide bonds. The van der Waals surface area contributed by atoms with E-state index in [2.05, 4.69) is 75.2 Å². The molecule has 1 N–H and O–H groups in total. The van der Waals surface area contributed by atoms with Gasteiger partial charge in [-0.1, -0.05) is 24.3 Å². The Morgan fingerprint density at radius 1 is 1.10 bits per heavy atom. The number of pyridine rings is 1. The van der Waals surface area contributed by atoms with Crippen LogP contribution in [0.2, 0.25) is 0 Å². The number of nitrogens with one attached hydrogen (secondary N) is 1. The molecule has 0 aliphatic carbocycles. The molecule has 0 radical (unpaired) electrons. The highest BCUT2D eigenvalue weighted by atomic mass is 32.1. The van der Waals surface area contributed by atoms with Crippen molar-refractivity contribution in [2.45, 2.75) is 38.0 Å². The largest absolute Gasteiger partial charge is 0.376 e. The van der Waals surface area contributed by atoms with Gasteiger partial charge in [-0.05, 0) is 68.4 Å². The summed E-state index contributed by atoms with van der Waals surface area (Å²) in [7, 11) is 0. The molecule has 0 unspecified atom stereocenters. The molecule has 154 valence electrons. The Hall–Kier alpha value is -2.70. The number of aromatic nitrogens is 2. The molecule has 4 heterocycles. The highest BCUT2D eigenvalue weighted by molar-refractivity contribution is 7.80. The fourth-order valence-electron chi connectivity index (χ4n) is 4.65. The predicted molar refractivity (Wildman–Crippen MR) is 122 cm³/mol. The lowest BCUT2D eigenvalue weighted by Crippen LogP contribution is -2.36. The van der Waals surface area contributed by atoms with Crippen LogP contribution < -0.4 is 5.32 Å². The first-order valence-corrected chi connectivity index (χ1v) is 11.0. The quantitative estimate of drug-likeness (QED) is 0.625. The summed E-state index contributed by atoms with van der Waals surface area (Å²) in [5, 5.41) is 4.32. The van der Waals surface area contributed by atoms with E-state index in [9.17, 15) is 0 Å². The van der Waals surface area contributed by atoms with Crippen LogP contribution in [0.25, 0.3) is 5.69 Å². The Kier molecular flexibility index (Phi) is 5.27.